The van der Waals surface area contributed by atoms with Crippen LogP contribution in [0.2, 0.25) is 0 Å². The van der Waals surface area contributed by atoms with Gasteiger partial charge >= 0.3 is 0 Å². The predicted octanol–water partition coefficient (Wildman–Crippen LogP) is 3.97. The van der Waals surface area contributed by atoms with Crippen LogP contribution in [0.4, 0.5) is 0 Å². The summed E-state index contributed by atoms with van der Waals surface area (Å²) in [6.45, 7) is 4.09. The molecule has 0 fully saturated rings. The fourth-order valence-electron chi connectivity index (χ4n) is 2.55. The largest absolute Gasteiger partial charge is 0.496 e. The molecule has 0 spiro atoms. The van der Waals surface area contributed by atoms with Gasteiger partial charge in [-0.3, -0.25) is 4.98 Å². The third kappa shape index (κ3) is 3.63. The predicted molar refractivity (Wildman–Crippen MR) is 89.9 cm³/mol. The van der Waals surface area contributed by atoms with Gasteiger partial charge in [-0.15, -0.1) is 0 Å². The van der Waals surface area contributed by atoms with Crippen molar-refractivity contribution in [2.75, 3.05) is 14.2 Å². The average Bonchev–Trinajstić information content (AvgIpc) is 2.48. The maximum absolute atomic E-state index is 5.49. The standard InChI is InChI=1S/C17H21BrN2O/c1-11-10-20-15(12(2)17(11)21-4)9-16(19-3)13-5-7-14(18)8-6-13/h5-8,10,16,19H,9H2,1-4H3. The van der Waals surface area contributed by atoms with E-state index in [0.29, 0.717) is 0 Å². The maximum atomic E-state index is 5.49. The van der Waals surface area contributed by atoms with E-state index >= 15 is 0 Å². The van der Waals surface area contributed by atoms with Crippen molar-refractivity contribution < 1.29 is 4.74 Å². The molecule has 0 saturated heterocycles. The normalized spacial score (nSPS) is 12.2. The van der Waals surface area contributed by atoms with Gasteiger partial charge in [-0.1, -0.05) is 28.1 Å². The van der Waals surface area contributed by atoms with E-state index in [0.717, 1.165) is 33.5 Å². The van der Waals surface area contributed by atoms with Crippen LogP contribution in [0.5, 0.6) is 5.75 Å². The summed E-state index contributed by atoms with van der Waals surface area (Å²) in [6, 6.07) is 8.63. The van der Waals surface area contributed by atoms with Crippen LogP contribution in [-0.2, 0) is 6.42 Å². The van der Waals surface area contributed by atoms with Crippen LogP contribution >= 0.6 is 15.9 Å². The molecule has 0 amide bonds. The number of methoxy groups -OCH3 is 1. The highest BCUT2D eigenvalue weighted by Crippen LogP contribution is 2.27. The lowest BCUT2D eigenvalue weighted by Gasteiger charge is -2.19. The zero-order chi connectivity index (χ0) is 15.4. The summed E-state index contributed by atoms with van der Waals surface area (Å²) in [7, 11) is 3.69. The van der Waals surface area contributed by atoms with Gasteiger partial charge < -0.3 is 10.1 Å². The Labute approximate surface area is 134 Å². The van der Waals surface area contributed by atoms with E-state index in [1.807, 2.05) is 20.2 Å². The first-order valence-corrected chi connectivity index (χ1v) is 7.78. The van der Waals surface area contributed by atoms with Crippen LogP contribution < -0.4 is 10.1 Å². The Balaban J connectivity index is 2.29. The monoisotopic (exact) mass is 348 g/mol. The van der Waals surface area contributed by atoms with Crippen LogP contribution in [-0.4, -0.2) is 19.1 Å². The summed E-state index contributed by atoms with van der Waals surface area (Å²) < 4.78 is 6.58. The number of aryl methyl sites for hydroxylation is 1. The van der Waals surface area contributed by atoms with Crippen LogP contribution in [0, 0.1) is 13.8 Å². The maximum Gasteiger partial charge on any atom is 0.128 e. The lowest BCUT2D eigenvalue weighted by molar-refractivity contribution is 0.406. The summed E-state index contributed by atoms with van der Waals surface area (Å²) in [5, 5.41) is 3.37. The number of ether oxygens (including phenoxy) is 1. The summed E-state index contributed by atoms with van der Waals surface area (Å²) >= 11 is 3.47. The Morgan fingerprint density at radius 1 is 1.24 bits per heavy atom. The Kier molecular flexibility index (Phi) is 5.37. The second-order valence-corrected chi connectivity index (χ2v) is 6.06. The Hall–Kier alpha value is -1.39. The molecule has 2 aromatic rings. The van der Waals surface area contributed by atoms with E-state index in [9.17, 15) is 0 Å². The zero-order valence-corrected chi connectivity index (χ0v) is 14.5. The van der Waals surface area contributed by atoms with Gasteiger partial charge in [0.1, 0.15) is 5.75 Å². The lowest BCUT2D eigenvalue weighted by atomic mass is 9.99. The second-order valence-electron chi connectivity index (χ2n) is 5.14. The first-order chi connectivity index (χ1) is 10.1. The SMILES string of the molecule is CNC(Cc1ncc(C)c(OC)c1C)c1ccc(Br)cc1. The molecule has 3 nitrogen and oxygen atoms in total. The number of halogens is 1. The summed E-state index contributed by atoms with van der Waals surface area (Å²) in [6.07, 6.45) is 2.72. The van der Waals surface area contributed by atoms with Crippen molar-refractivity contribution in [2.45, 2.75) is 26.3 Å². The van der Waals surface area contributed by atoms with Gasteiger partial charge in [0.25, 0.3) is 0 Å². The van der Waals surface area contributed by atoms with Crippen molar-refractivity contribution in [3.63, 3.8) is 0 Å². The molecule has 0 radical (unpaired) electrons. The van der Waals surface area contributed by atoms with Crippen LogP contribution in [0.15, 0.2) is 34.9 Å². The van der Waals surface area contributed by atoms with E-state index in [-0.39, 0.29) is 6.04 Å². The Morgan fingerprint density at radius 3 is 2.48 bits per heavy atom. The molecule has 0 aliphatic heterocycles. The molecular formula is C17H21BrN2O. The Bertz CT molecular complexity index is 611. The molecule has 0 aliphatic carbocycles. The summed E-state index contributed by atoms with van der Waals surface area (Å²) in [5.74, 6) is 0.936. The molecule has 21 heavy (non-hydrogen) atoms. The highest BCUT2D eigenvalue weighted by molar-refractivity contribution is 9.10. The minimum Gasteiger partial charge on any atom is -0.496 e. The van der Waals surface area contributed by atoms with E-state index in [1.54, 1.807) is 7.11 Å². The van der Waals surface area contributed by atoms with Crippen molar-refractivity contribution in [3.8, 4) is 5.75 Å². The highest BCUT2D eigenvalue weighted by Gasteiger charge is 2.15. The third-order valence-corrected chi connectivity index (χ3v) is 4.30. The molecule has 1 aromatic heterocycles. The highest BCUT2D eigenvalue weighted by atomic mass is 79.9. The molecule has 1 N–H and O–H groups in total. The van der Waals surface area contributed by atoms with E-state index in [1.165, 1.54) is 5.56 Å². The molecule has 0 aliphatic rings. The first-order valence-electron chi connectivity index (χ1n) is 6.98. The molecule has 4 heteroatoms. The smallest absolute Gasteiger partial charge is 0.128 e. The number of rotatable bonds is 5. The third-order valence-electron chi connectivity index (χ3n) is 3.77. The van der Waals surface area contributed by atoms with Crippen molar-refractivity contribution in [2.24, 2.45) is 0 Å². The van der Waals surface area contributed by atoms with Crippen LogP contribution in [0.3, 0.4) is 0 Å². The van der Waals surface area contributed by atoms with E-state index in [4.69, 9.17) is 4.74 Å². The molecule has 0 saturated carbocycles. The molecule has 1 aromatic carbocycles. The molecule has 112 valence electrons. The molecule has 1 heterocycles. The molecular weight excluding hydrogens is 328 g/mol. The van der Waals surface area contributed by atoms with Crippen molar-refractivity contribution in [1.82, 2.24) is 10.3 Å². The lowest BCUT2D eigenvalue weighted by Crippen LogP contribution is -2.20. The van der Waals surface area contributed by atoms with Gasteiger partial charge in [-0.25, -0.2) is 0 Å². The van der Waals surface area contributed by atoms with Crippen LogP contribution in [0.1, 0.15) is 28.4 Å². The van der Waals surface area contributed by atoms with Crippen molar-refractivity contribution in [3.05, 3.63) is 57.3 Å². The number of nitrogens with zero attached hydrogens (tertiary/aromatic N) is 1. The van der Waals surface area contributed by atoms with Gasteiger partial charge in [0, 0.05) is 40.0 Å². The number of likely N-dealkylation sites (N-methyl/N-ethyl adjacent to an activating group) is 1. The Morgan fingerprint density at radius 2 is 1.90 bits per heavy atom. The topological polar surface area (TPSA) is 34.2 Å². The minimum atomic E-state index is 0.233. The minimum absolute atomic E-state index is 0.233. The quantitative estimate of drug-likeness (QED) is 0.887. The number of nitrogens with one attached hydrogen (secondary N) is 1. The number of pyridine rings is 1. The summed E-state index contributed by atoms with van der Waals surface area (Å²) in [5.41, 5.74) is 4.51. The van der Waals surface area contributed by atoms with Crippen molar-refractivity contribution >= 4 is 15.9 Å². The fourth-order valence-corrected chi connectivity index (χ4v) is 2.82. The average molecular weight is 349 g/mol. The van der Waals surface area contributed by atoms with Crippen molar-refractivity contribution in [1.29, 1.82) is 0 Å². The molecule has 0 bridgehead atoms. The first kappa shape index (κ1) is 16.0. The molecule has 2 rings (SSSR count). The van der Waals surface area contributed by atoms with E-state index < -0.39 is 0 Å². The zero-order valence-electron chi connectivity index (χ0n) is 12.9. The summed E-state index contributed by atoms with van der Waals surface area (Å²) in [4.78, 5) is 4.59. The van der Waals surface area contributed by atoms with Crippen LogP contribution in [0.25, 0.3) is 0 Å². The number of hydrogen-bond acceptors (Lipinski definition) is 3. The van der Waals surface area contributed by atoms with Gasteiger partial charge in [0.15, 0.2) is 0 Å². The number of hydrogen-bond donors (Lipinski definition) is 1. The van der Waals surface area contributed by atoms with Gasteiger partial charge in [0.2, 0.25) is 0 Å². The molecule has 1 atom stereocenters. The number of benzene rings is 1. The molecule has 1 unspecified atom stereocenters. The fraction of sp³-hybridized carbons (Fsp3) is 0.353. The number of aromatic nitrogens is 1. The van der Waals surface area contributed by atoms with E-state index in [2.05, 4.69) is 57.4 Å². The second kappa shape index (κ2) is 7.05. The van der Waals surface area contributed by atoms with Gasteiger partial charge in [0.05, 0.1) is 7.11 Å². The van der Waals surface area contributed by atoms with Gasteiger partial charge in [-0.2, -0.15) is 0 Å². The van der Waals surface area contributed by atoms with Gasteiger partial charge in [-0.05, 0) is 38.6 Å².